The van der Waals surface area contributed by atoms with E-state index in [-0.39, 0.29) is 0 Å². The van der Waals surface area contributed by atoms with E-state index >= 15 is 0 Å². The number of nitrogens with one attached hydrogen (secondary N) is 1. The van der Waals surface area contributed by atoms with E-state index in [9.17, 15) is 0 Å². The molecule has 0 unspecified atom stereocenters. The fourth-order valence-electron chi connectivity index (χ4n) is 5.02. The summed E-state index contributed by atoms with van der Waals surface area (Å²) in [7, 11) is 2.29. The van der Waals surface area contributed by atoms with Crippen molar-refractivity contribution in [2.24, 2.45) is 5.92 Å². The van der Waals surface area contributed by atoms with Crippen LogP contribution in [-0.2, 0) is 6.54 Å². The summed E-state index contributed by atoms with van der Waals surface area (Å²) in [5.41, 5.74) is 2.93. The lowest BCUT2D eigenvalue weighted by molar-refractivity contribution is 0.124. The van der Waals surface area contributed by atoms with Crippen molar-refractivity contribution >= 4 is 0 Å². The fraction of sp³-hybridized carbons (Fsp3) is 0.833. The van der Waals surface area contributed by atoms with Crippen molar-refractivity contribution in [3.8, 4) is 0 Å². The van der Waals surface area contributed by atoms with Crippen LogP contribution in [0.4, 0.5) is 0 Å². The van der Waals surface area contributed by atoms with E-state index in [1.165, 1.54) is 75.8 Å². The molecule has 0 radical (unpaired) electrons. The summed E-state index contributed by atoms with van der Waals surface area (Å²) in [6.45, 7) is 4.92. The van der Waals surface area contributed by atoms with Crippen molar-refractivity contribution in [3.63, 3.8) is 0 Å². The molecule has 2 atom stereocenters. The van der Waals surface area contributed by atoms with Gasteiger partial charge in [-0.3, -0.25) is 10.00 Å². The zero-order chi connectivity index (χ0) is 14.9. The van der Waals surface area contributed by atoms with Crippen molar-refractivity contribution in [3.05, 3.63) is 17.5 Å². The molecule has 0 aromatic carbocycles. The molecule has 1 saturated carbocycles. The molecule has 1 aromatic rings. The molecule has 3 saturated heterocycles. The molecular formula is C18H30N4. The molecule has 4 aliphatic rings. The summed E-state index contributed by atoms with van der Waals surface area (Å²) in [4.78, 5) is 5.29. The van der Waals surface area contributed by atoms with Gasteiger partial charge < -0.3 is 4.90 Å². The van der Waals surface area contributed by atoms with Gasteiger partial charge in [0.25, 0.3) is 0 Å². The minimum Gasteiger partial charge on any atom is -0.304 e. The minimum absolute atomic E-state index is 0.734. The van der Waals surface area contributed by atoms with Gasteiger partial charge in [-0.15, -0.1) is 0 Å². The van der Waals surface area contributed by atoms with Crippen LogP contribution >= 0.6 is 0 Å². The SMILES string of the molecule is CN1C[C@H]2CC[C@@H](C1)N(Cc1cn[nH]c1C1CCCCC1)C2. The van der Waals surface area contributed by atoms with Crippen LogP contribution in [0.15, 0.2) is 6.20 Å². The largest absolute Gasteiger partial charge is 0.304 e. The maximum Gasteiger partial charge on any atom is 0.0535 e. The lowest BCUT2D eigenvalue weighted by Crippen LogP contribution is -2.43. The number of piperidine rings is 1. The normalized spacial score (nSPS) is 31.5. The molecule has 2 bridgehead atoms. The predicted molar refractivity (Wildman–Crippen MR) is 88.8 cm³/mol. The number of hydrogen-bond donors (Lipinski definition) is 1. The Labute approximate surface area is 134 Å². The van der Waals surface area contributed by atoms with Crippen LogP contribution in [0.3, 0.4) is 0 Å². The second-order valence-electron chi connectivity index (χ2n) is 7.89. The third kappa shape index (κ3) is 2.95. The Balaban J connectivity index is 1.48. The lowest BCUT2D eigenvalue weighted by atomic mass is 9.85. The number of hydrogen-bond acceptors (Lipinski definition) is 3. The average Bonchev–Trinajstić information content (AvgIpc) is 2.84. The number of likely N-dealkylation sites (N-methyl/N-ethyl adjacent to an activating group) is 1. The topological polar surface area (TPSA) is 35.2 Å². The highest BCUT2D eigenvalue weighted by molar-refractivity contribution is 5.21. The maximum atomic E-state index is 4.40. The third-order valence-corrected chi connectivity index (χ3v) is 6.15. The van der Waals surface area contributed by atoms with Crippen molar-refractivity contribution in [2.75, 3.05) is 26.7 Å². The number of rotatable bonds is 3. The van der Waals surface area contributed by atoms with Crippen LogP contribution in [0.25, 0.3) is 0 Å². The number of nitrogens with zero attached hydrogens (tertiary/aromatic N) is 3. The Morgan fingerprint density at radius 2 is 1.95 bits per heavy atom. The van der Waals surface area contributed by atoms with Crippen LogP contribution in [0.2, 0.25) is 0 Å². The Morgan fingerprint density at radius 3 is 2.82 bits per heavy atom. The molecule has 4 nitrogen and oxygen atoms in total. The predicted octanol–water partition coefficient (Wildman–Crippen LogP) is 2.98. The molecule has 0 amide bonds. The van der Waals surface area contributed by atoms with Gasteiger partial charge in [0.1, 0.15) is 0 Å². The maximum absolute atomic E-state index is 4.40. The van der Waals surface area contributed by atoms with E-state index in [0.717, 1.165) is 24.4 Å². The average molecular weight is 302 g/mol. The second kappa shape index (κ2) is 6.32. The molecule has 0 spiro atoms. The van der Waals surface area contributed by atoms with Crippen molar-refractivity contribution in [1.82, 2.24) is 20.0 Å². The zero-order valence-corrected chi connectivity index (χ0v) is 13.9. The van der Waals surface area contributed by atoms with Gasteiger partial charge in [-0.25, -0.2) is 0 Å². The molecule has 1 aliphatic carbocycles. The van der Waals surface area contributed by atoms with E-state index < -0.39 is 0 Å². The molecule has 1 aromatic heterocycles. The summed E-state index contributed by atoms with van der Waals surface area (Å²) >= 11 is 0. The van der Waals surface area contributed by atoms with E-state index in [1.54, 1.807) is 0 Å². The fourth-order valence-corrected chi connectivity index (χ4v) is 5.02. The molecule has 4 heteroatoms. The Hall–Kier alpha value is -0.870. The van der Waals surface area contributed by atoms with Gasteiger partial charge in [-0.1, -0.05) is 19.3 Å². The number of aromatic nitrogens is 2. The van der Waals surface area contributed by atoms with Crippen molar-refractivity contribution in [2.45, 2.75) is 63.5 Å². The quantitative estimate of drug-likeness (QED) is 0.932. The first-order valence-electron chi connectivity index (χ1n) is 9.24. The number of H-pyrrole nitrogens is 1. The summed E-state index contributed by atoms with van der Waals surface area (Å²) in [6, 6.07) is 0.748. The van der Waals surface area contributed by atoms with Gasteiger partial charge >= 0.3 is 0 Å². The molecule has 1 N–H and O–H groups in total. The third-order valence-electron chi connectivity index (χ3n) is 6.15. The van der Waals surface area contributed by atoms with Gasteiger partial charge in [-0.05, 0) is 38.6 Å². The van der Waals surface area contributed by atoms with Gasteiger partial charge in [0, 0.05) is 49.4 Å². The highest BCUT2D eigenvalue weighted by atomic mass is 15.3. The Kier molecular flexibility index (Phi) is 4.23. The van der Waals surface area contributed by atoms with Crippen LogP contribution in [0, 0.1) is 5.92 Å². The van der Waals surface area contributed by atoms with Crippen LogP contribution < -0.4 is 0 Å². The molecule has 4 fully saturated rings. The van der Waals surface area contributed by atoms with Crippen LogP contribution in [-0.4, -0.2) is 52.7 Å². The summed E-state index contributed by atoms with van der Waals surface area (Å²) in [5, 5.41) is 7.75. The summed E-state index contributed by atoms with van der Waals surface area (Å²) < 4.78 is 0. The van der Waals surface area contributed by atoms with Crippen molar-refractivity contribution < 1.29 is 0 Å². The second-order valence-corrected chi connectivity index (χ2v) is 7.89. The Morgan fingerprint density at radius 1 is 1.09 bits per heavy atom. The standard InChI is InChI=1S/C18H30N4/c1-21-10-14-7-8-17(13-21)22(11-14)12-16-9-19-20-18(16)15-5-3-2-4-6-15/h9,14-15,17H,2-8,10-13H2,1H3,(H,19,20)/t14-,17+/m1/s1. The Bertz CT molecular complexity index is 491. The molecule has 5 rings (SSSR count). The first-order chi connectivity index (χ1) is 10.8. The van der Waals surface area contributed by atoms with E-state index in [1.807, 2.05) is 0 Å². The smallest absolute Gasteiger partial charge is 0.0535 e. The first kappa shape index (κ1) is 14.7. The first-order valence-corrected chi connectivity index (χ1v) is 9.24. The molecule has 3 aliphatic heterocycles. The highest BCUT2D eigenvalue weighted by Gasteiger charge is 2.34. The van der Waals surface area contributed by atoms with Gasteiger partial charge in [0.15, 0.2) is 0 Å². The van der Waals surface area contributed by atoms with Crippen LogP contribution in [0.1, 0.15) is 62.1 Å². The van der Waals surface area contributed by atoms with E-state index in [4.69, 9.17) is 0 Å². The van der Waals surface area contributed by atoms with Gasteiger partial charge in [0.05, 0.1) is 6.20 Å². The molecule has 122 valence electrons. The molecule has 4 heterocycles. The summed E-state index contributed by atoms with van der Waals surface area (Å²) in [5.74, 6) is 1.60. The minimum atomic E-state index is 0.734. The lowest BCUT2D eigenvalue weighted by Gasteiger charge is -2.36. The van der Waals surface area contributed by atoms with Crippen molar-refractivity contribution in [1.29, 1.82) is 0 Å². The van der Waals surface area contributed by atoms with Gasteiger partial charge in [0.2, 0.25) is 0 Å². The zero-order valence-electron chi connectivity index (χ0n) is 13.9. The molecular weight excluding hydrogens is 272 g/mol. The highest BCUT2D eigenvalue weighted by Crippen LogP contribution is 2.35. The van der Waals surface area contributed by atoms with E-state index in [2.05, 4.69) is 33.2 Å². The van der Waals surface area contributed by atoms with E-state index in [0.29, 0.717) is 0 Å². The monoisotopic (exact) mass is 302 g/mol. The van der Waals surface area contributed by atoms with Crippen LogP contribution in [0.5, 0.6) is 0 Å². The number of aromatic amines is 1. The van der Waals surface area contributed by atoms with Gasteiger partial charge in [-0.2, -0.15) is 5.10 Å². The number of fused-ring (bicyclic) bond motifs is 4. The molecule has 22 heavy (non-hydrogen) atoms. The summed E-state index contributed by atoms with van der Waals surface area (Å²) in [6.07, 6.45) is 11.8.